The smallest absolute Gasteiger partial charge is 0.239 e. The van der Waals surface area contributed by atoms with E-state index in [4.69, 9.17) is 5.73 Å². The molecule has 2 amide bonds. The maximum atomic E-state index is 12.5. The molecule has 0 saturated heterocycles. The number of hydrogen-bond acceptors (Lipinski definition) is 3. The lowest BCUT2D eigenvalue weighted by atomic mass is 9.49. The summed E-state index contributed by atoms with van der Waals surface area (Å²) in [5.74, 6) is 2.99. The fraction of sp³-hybridized carbons (Fsp3) is 0.900. The van der Waals surface area contributed by atoms with Gasteiger partial charge in [-0.05, 0) is 87.4 Å². The zero-order valence-electron chi connectivity index (χ0n) is 15.9. The molecule has 0 aromatic heterocycles. The van der Waals surface area contributed by atoms with Crippen LogP contribution in [0.15, 0.2) is 0 Å². The van der Waals surface area contributed by atoms with Crippen LogP contribution in [0.5, 0.6) is 0 Å². The van der Waals surface area contributed by atoms with Crippen LogP contribution >= 0.6 is 12.4 Å². The normalized spacial score (nSPS) is 36.8. The summed E-state index contributed by atoms with van der Waals surface area (Å²) in [5, 5.41) is 5.91. The van der Waals surface area contributed by atoms with Crippen LogP contribution in [0.3, 0.4) is 0 Å². The average molecular weight is 384 g/mol. The van der Waals surface area contributed by atoms with Gasteiger partial charge in [0.15, 0.2) is 0 Å². The summed E-state index contributed by atoms with van der Waals surface area (Å²) in [5.41, 5.74) is 5.76. The standard InChI is InChI=1S/C20H33N3O2.ClH/c1-19(12-21,16-2-3-16)23-18(25)11-22-17(24)10-20-7-13-4-14(8-20)6-15(5-13)9-20;/h13-16H,2-12,21H2,1H3,(H,22,24)(H,23,25);1H. The van der Waals surface area contributed by atoms with Crippen molar-refractivity contribution in [1.82, 2.24) is 10.6 Å². The summed E-state index contributed by atoms with van der Waals surface area (Å²) in [4.78, 5) is 24.7. The van der Waals surface area contributed by atoms with E-state index in [2.05, 4.69) is 10.6 Å². The number of halogens is 1. The molecule has 4 N–H and O–H groups in total. The van der Waals surface area contributed by atoms with E-state index in [1.165, 1.54) is 38.5 Å². The topological polar surface area (TPSA) is 84.2 Å². The highest BCUT2D eigenvalue weighted by Crippen LogP contribution is 2.61. The molecule has 5 nitrogen and oxygen atoms in total. The number of nitrogens with one attached hydrogen (secondary N) is 2. The maximum Gasteiger partial charge on any atom is 0.239 e. The van der Waals surface area contributed by atoms with Gasteiger partial charge in [-0.25, -0.2) is 0 Å². The number of rotatable bonds is 7. The van der Waals surface area contributed by atoms with E-state index in [1.54, 1.807) is 0 Å². The highest BCUT2D eigenvalue weighted by atomic mass is 35.5. The molecule has 1 unspecified atom stereocenters. The van der Waals surface area contributed by atoms with Gasteiger partial charge in [0.1, 0.15) is 0 Å². The van der Waals surface area contributed by atoms with Crippen molar-refractivity contribution in [2.45, 2.75) is 70.3 Å². The summed E-state index contributed by atoms with van der Waals surface area (Å²) in [7, 11) is 0. The van der Waals surface area contributed by atoms with Crippen LogP contribution in [0, 0.1) is 29.1 Å². The van der Waals surface area contributed by atoms with Gasteiger partial charge in [-0.2, -0.15) is 0 Å². The average Bonchev–Trinajstić information content (AvgIpc) is 3.36. The second kappa shape index (κ2) is 7.31. The van der Waals surface area contributed by atoms with Crippen LogP contribution < -0.4 is 16.4 Å². The highest BCUT2D eigenvalue weighted by molar-refractivity contribution is 5.85. The third-order valence-electron chi connectivity index (χ3n) is 7.47. The van der Waals surface area contributed by atoms with Crippen molar-refractivity contribution in [2.24, 2.45) is 34.8 Å². The molecule has 26 heavy (non-hydrogen) atoms. The Bertz CT molecular complexity index is 528. The van der Waals surface area contributed by atoms with Crippen LogP contribution in [0.4, 0.5) is 0 Å². The van der Waals surface area contributed by atoms with Crippen molar-refractivity contribution in [3.8, 4) is 0 Å². The highest BCUT2D eigenvalue weighted by Gasteiger charge is 2.51. The van der Waals surface area contributed by atoms with Crippen LogP contribution in [-0.2, 0) is 9.59 Å². The molecule has 5 saturated carbocycles. The largest absolute Gasteiger partial charge is 0.348 e. The van der Waals surface area contributed by atoms with Gasteiger partial charge in [-0.3, -0.25) is 9.59 Å². The van der Waals surface area contributed by atoms with E-state index in [0.29, 0.717) is 18.9 Å². The van der Waals surface area contributed by atoms with Crippen molar-refractivity contribution in [2.75, 3.05) is 13.1 Å². The minimum absolute atomic E-state index is 0. The lowest BCUT2D eigenvalue weighted by Crippen LogP contribution is -2.55. The van der Waals surface area contributed by atoms with Gasteiger partial charge in [-0.1, -0.05) is 0 Å². The van der Waals surface area contributed by atoms with E-state index < -0.39 is 0 Å². The molecule has 6 heteroatoms. The van der Waals surface area contributed by atoms with Crippen molar-refractivity contribution >= 4 is 24.2 Å². The molecule has 0 heterocycles. The van der Waals surface area contributed by atoms with Gasteiger partial charge in [-0.15, -0.1) is 12.4 Å². The maximum absolute atomic E-state index is 12.5. The zero-order chi connectivity index (χ0) is 17.7. The molecule has 0 aliphatic heterocycles. The van der Waals surface area contributed by atoms with Gasteiger partial charge in [0.25, 0.3) is 0 Å². The van der Waals surface area contributed by atoms with Gasteiger partial charge in [0.05, 0.1) is 12.1 Å². The van der Waals surface area contributed by atoms with Crippen LogP contribution in [0.1, 0.15) is 64.7 Å². The Morgan fingerprint density at radius 3 is 2.04 bits per heavy atom. The summed E-state index contributed by atoms with van der Waals surface area (Å²) < 4.78 is 0. The number of amides is 2. The summed E-state index contributed by atoms with van der Waals surface area (Å²) in [6.45, 7) is 2.54. The van der Waals surface area contributed by atoms with Crippen molar-refractivity contribution in [3.05, 3.63) is 0 Å². The monoisotopic (exact) mass is 383 g/mol. The molecule has 5 aliphatic rings. The predicted octanol–water partition coefficient (Wildman–Crippen LogP) is 2.37. The van der Waals surface area contributed by atoms with E-state index in [1.807, 2.05) is 6.92 Å². The zero-order valence-corrected chi connectivity index (χ0v) is 16.7. The Labute approximate surface area is 163 Å². The Morgan fingerprint density at radius 1 is 1.04 bits per heavy atom. The quantitative estimate of drug-likeness (QED) is 0.631. The van der Waals surface area contributed by atoms with Crippen molar-refractivity contribution in [3.63, 3.8) is 0 Å². The third-order valence-corrected chi connectivity index (χ3v) is 7.47. The second-order valence-corrected chi connectivity index (χ2v) is 9.82. The van der Waals surface area contributed by atoms with Gasteiger partial charge in [0.2, 0.25) is 11.8 Å². The van der Waals surface area contributed by atoms with Gasteiger partial charge in [0, 0.05) is 13.0 Å². The van der Waals surface area contributed by atoms with Crippen LogP contribution in [0.25, 0.3) is 0 Å². The molecule has 148 valence electrons. The molecule has 5 aliphatic carbocycles. The van der Waals surface area contributed by atoms with E-state index in [0.717, 1.165) is 30.6 Å². The van der Waals surface area contributed by atoms with E-state index in [9.17, 15) is 9.59 Å². The number of hydrogen-bond donors (Lipinski definition) is 3. The minimum Gasteiger partial charge on any atom is -0.348 e. The summed E-state index contributed by atoms with van der Waals surface area (Å²) >= 11 is 0. The van der Waals surface area contributed by atoms with Gasteiger partial charge >= 0.3 is 0 Å². The Morgan fingerprint density at radius 2 is 1.58 bits per heavy atom. The fourth-order valence-corrected chi connectivity index (χ4v) is 6.49. The molecular formula is C20H34ClN3O2. The first-order chi connectivity index (χ1) is 11.9. The molecule has 4 bridgehead atoms. The second-order valence-electron chi connectivity index (χ2n) is 9.82. The molecule has 0 spiro atoms. The van der Waals surface area contributed by atoms with Crippen LogP contribution in [0.2, 0.25) is 0 Å². The summed E-state index contributed by atoms with van der Waals surface area (Å²) in [6, 6.07) is 0. The van der Waals surface area contributed by atoms with E-state index >= 15 is 0 Å². The molecule has 0 radical (unpaired) electrons. The predicted molar refractivity (Wildman–Crippen MR) is 104 cm³/mol. The first kappa shape index (κ1) is 19.9. The summed E-state index contributed by atoms with van der Waals surface area (Å²) in [6.07, 6.45) is 10.7. The van der Waals surface area contributed by atoms with Crippen molar-refractivity contribution < 1.29 is 9.59 Å². The van der Waals surface area contributed by atoms with Crippen molar-refractivity contribution in [1.29, 1.82) is 0 Å². The Kier molecular flexibility index (Phi) is 5.60. The Hall–Kier alpha value is -0.810. The van der Waals surface area contributed by atoms with E-state index in [-0.39, 0.29) is 41.7 Å². The molecule has 5 rings (SSSR count). The van der Waals surface area contributed by atoms with Gasteiger partial charge < -0.3 is 16.4 Å². The first-order valence-corrected chi connectivity index (χ1v) is 10.2. The molecule has 0 aromatic rings. The lowest BCUT2D eigenvalue weighted by molar-refractivity contribution is -0.132. The van der Waals surface area contributed by atoms with Crippen LogP contribution in [-0.4, -0.2) is 30.4 Å². The molecule has 5 fully saturated rings. The number of carbonyl (C=O) groups excluding carboxylic acids is 2. The Balaban J connectivity index is 0.00000196. The third kappa shape index (κ3) is 4.04. The lowest BCUT2D eigenvalue weighted by Gasteiger charge is -2.56. The molecular weight excluding hydrogens is 350 g/mol. The number of carbonyl (C=O) groups is 2. The molecule has 0 aromatic carbocycles. The number of nitrogens with two attached hydrogens (primary N) is 1. The minimum atomic E-state index is -0.318. The SMILES string of the molecule is CC(CN)(NC(=O)CNC(=O)CC12CC3CC(CC(C3)C1)C2)C1CC1.Cl. The first-order valence-electron chi connectivity index (χ1n) is 10.2. The fourth-order valence-electron chi connectivity index (χ4n) is 6.49. The molecule has 1 atom stereocenters.